The fraction of sp³-hybridized carbons (Fsp3) is 0.950. The molecule has 0 unspecified atom stereocenters. The molecule has 3 nitrogen and oxygen atoms in total. The van der Waals surface area contributed by atoms with Gasteiger partial charge in [0.25, 0.3) is 0 Å². The Hall–Kier alpha value is -0.570. The van der Waals surface area contributed by atoms with E-state index in [1.165, 1.54) is 58.2 Å². The van der Waals surface area contributed by atoms with E-state index in [1.807, 2.05) is 25.8 Å². The van der Waals surface area contributed by atoms with Crippen LogP contribution in [0.25, 0.3) is 0 Å². The van der Waals surface area contributed by atoms with Crippen molar-refractivity contribution in [2.75, 3.05) is 26.7 Å². The van der Waals surface area contributed by atoms with Gasteiger partial charge in [0.15, 0.2) is 0 Å². The Balaban J connectivity index is 1.68. The van der Waals surface area contributed by atoms with E-state index >= 15 is 0 Å². The van der Waals surface area contributed by atoms with Crippen LogP contribution >= 0.6 is 0 Å². The summed E-state index contributed by atoms with van der Waals surface area (Å²) in [5.74, 6) is 2.36. The molecular weight excluding hydrogens is 284 g/mol. The van der Waals surface area contributed by atoms with Gasteiger partial charge < -0.3 is 9.80 Å². The number of nitrogens with zero attached hydrogens (tertiary/aromatic N) is 2. The van der Waals surface area contributed by atoms with Gasteiger partial charge >= 0.3 is 0 Å². The monoisotopic (exact) mass is 322 g/mol. The molecule has 1 saturated carbocycles. The normalized spacial score (nSPS) is 27.3. The van der Waals surface area contributed by atoms with E-state index in [9.17, 15) is 4.79 Å². The molecule has 0 atom stereocenters. The molecule has 0 N–H and O–H groups in total. The zero-order chi connectivity index (χ0) is 16.8. The van der Waals surface area contributed by atoms with Gasteiger partial charge in [-0.15, -0.1) is 0 Å². The molecule has 0 bridgehead atoms. The molecule has 0 radical (unpaired) electrons. The van der Waals surface area contributed by atoms with Crippen molar-refractivity contribution in [2.45, 2.75) is 78.2 Å². The minimum atomic E-state index is 0.122. The van der Waals surface area contributed by atoms with Crippen molar-refractivity contribution < 1.29 is 4.79 Å². The van der Waals surface area contributed by atoms with E-state index < -0.39 is 0 Å². The summed E-state index contributed by atoms with van der Waals surface area (Å²) in [6.45, 7) is 9.97. The molecule has 2 fully saturated rings. The van der Waals surface area contributed by atoms with Crippen LogP contribution < -0.4 is 0 Å². The van der Waals surface area contributed by atoms with Crippen LogP contribution in [0.1, 0.15) is 72.1 Å². The molecule has 0 aromatic carbocycles. The van der Waals surface area contributed by atoms with E-state index in [2.05, 4.69) is 11.8 Å². The zero-order valence-electron chi connectivity index (χ0n) is 15.9. The fourth-order valence-electron chi connectivity index (χ4n) is 4.55. The Labute approximate surface area is 143 Å². The Morgan fingerprint density at radius 3 is 2.13 bits per heavy atom. The number of hydrogen-bond donors (Lipinski definition) is 0. The van der Waals surface area contributed by atoms with E-state index in [-0.39, 0.29) is 5.92 Å². The number of rotatable bonds is 6. The van der Waals surface area contributed by atoms with Gasteiger partial charge in [0.2, 0.25) is 5.91 Å². The predicted molar refractivity (Wildman–Crippen MR) is 97.4 cm³/mol. The quantitative estimate of drug-likeness (QED) is 0.732. The zero-order valence-corrected chi connectivity index (χ0v) is 15.9. The van der Waals surface area contributed by atoms with E-state index in [0.29, 0.717) is 11.9 Å². The van der Waals surface area contributed by atoms with Crippen molar-refractivity contribution in [3.63, 3.8) is 0 Å². The van der Waals surface area contributed by atoms with Crippen LogP contribution in [0.15, 0.2) is 0 Å². The number of carbonyl (C=O) groups is 1. The summed E-state index contributed by atoms with van der Waals surface area (Å²) in [7, 11) is 2.00. The summed E-state index contributed by atoms with van der Waals surface area (Å²) in [6, 6.07) is 0.460. The molecule has 1 amide bonds. The largest absolute Gasteiger partial charge is 0.342 e. The van der Waals surface area contributed by atoms with Crippen molar-refractivity contribution in [2.24, 2.45) is 17.8 Å². The average Bonchev–Trinajstić information content (AvgIpc) is 2.56. The third-order valence-corrected chi connectivity index (χ3v) is 6.13. The minimum Gasteiger partial charge on any atom is -0.342 e. The van der Waals surface area contributed by atoms with E-state index in [4.69, 9.17) is 0 Å². The lowest BCUT2D eigenvalue weighted by molar-refractivity contribution is -0.136. The fourth-order valence-corrected chi connectivity index (χ4v) is 4.55. The van der Waals surface area contributed by atoms with Gasteiger partial charge in [-0.25, -0.2) is 0 Å². The summed E-state index contributed by atoms with van der Waals surface area (Å²) >= 11 is 0. The first-order chi connectivity index (χ1) is 11.0. The number of likely N-dealkylation sites (tertiary alicyclic amines) is 1. The standard InChI is InChI=1S/C20H38N2O/c1-5-6-17-7-9-18(10-8-17)15-22-13-11-19(12-14-22)21(4)20(23)16(2)3/h16-19H,5-15H2,1-4H3. The van der Waals surface area contributed by atoms with Crippen LogP contribution in [0, 0.1) is 17.8 Å². The first-order valence-electron chi connectivity index (χ1n) is 10.00. The maximum atomic E-state index is 12.1. The van der Waals surface area contributed by atoms with Gasteiger partial charge in [-0.2, -0.15) is 0 Å². The predicted octanol–water partition coefficient (Wildman–Crippen LogP) is 4.17. The topological polar surface area (TPSA) is 23.6 Å². The molecule has 1 saturated heterocycles. The SMILES string of the molecule is CCCC1CCC(CN2CCC(N(C)C(=O)C(C)C)CC2)CC1. The van der Waals surface area contributed by atoms with Crippen LogP contribution in [0.3, 0.4) is 0 Å². The van der Waals surface area contributed by atoms with Gasteiger partial charge in [0.05, 0.1) is 0 Å². The Morgan fingerprint density at radius 1 is 1.04 bits per heavy atom. The summed E-state index contributed by atoms with van der Waals surface area (Å²) in [5, 5.41) is 0. The maximum absolute atomic E-state index is 12.1. The van der Waals surface area contributed by atoms with Crippen LogP contribution in [0.5, 0.6) is 0 Å². The van der Waals surface area contributed by atoms with Gasteiger partial charge in [0, 0.05) is 38.6 Å². The van der Waals surface area contributed by atoms with Crippen molar-refractivity contribution in [1.29, 1.82) is 0 Å². The molecule has 3 heteroatoms. The summed E-state index contributed by atoms with van der Waals surface area (Å²) in [6.07, 6.45) is 10.9. The second kappa shape index (κ2) is 9.05. The lowest BCUT2D eigenvalue weighted by atomic mass is 9.80. The van der Waals surface area contributed by atoms with Crippen molar-refractivity contribution >= 4 is 5.91 Å². The van der Waals surface area contributed by atoms with Gasteiger partial charge in [-0.1, -0.05) is 46.5 Å². The highest BCUT2D eigenvalue weighted by Crippen LogP contribution is 2.32. The second-order valence-electron chi connectivity index (χ2n) is 8.31. The third kappa shape index (κ3) is 5.48. The Bertz CT molecular complexity index is 353. The molecule has 23 heavy (non-hydrogen) atoms. The Kier molecular flexibility index (Phi) is 7.39. The molecule has 0 aromatic rings. The summed E-state index contributed by atoms with van der Waals surface area (Å²) < 4.78 is 0. The van der Waals surface area contributed by atoms with Crippen LogP contribution in [-0.4, -0.2) is 48.4 Å². The number of carbonyl (C=O) groups excluding carboxylic acids is 1. The lowest BCUT2D eigenvalue weighted by Gasteiger charge is -2.39. The molecule has 1 heterocycles. The van der Waals surface area contributed by atoms with Crippen LogP contribution in [-0.2, 0) is 4.79 Å². The number of amides is 1. The van der Waals surface area contributed by atoms with Gasteiger partial charge in [0.1, 0.15) is 0 Å². The molecule has 0 spiro atoms. The minimum absolute atomic E-state index is 0.122. The van der Waals surface area contributed by atoms with Crippen molar-refractivity contribution in [3.05, 3.63) is 0 Å². The molecule has 134 valence electrons. The van der Waals surface area contributed by atoms with Gasteiger partial charge in [-0.3, -0.25) is 4.79 Å². The first kappa shape index (κ1) is 18.8. The molecule has 1 aliphatic carbocycles. The number of hydrogen-bond acceptors (Lipinski definition) is 2. The molecular formula is C20H38N2O. The highest BCUT2D eigenvalue weighted by molar-refractivity contribution is 5.78. The molecule has 1 aliphatic heterocycles. The second-order valence-corrected chi connectivity index (χ2v) is 8.31. The van der Waals surface area contributed by atoms with Crippen molar-refractivity contribution in [3.8, 4) is 0 Å². The first-order valence-corrected chi connectivity index (χ1v) is 10.00. The summed E-state index contributed by atoms with van der Waals surface area (Å²) in [4.78, 5) is 16.8. The number of piperidine rings is 1. The Morgan fingerprint density at radius 2 is 1.61 bits per heavy atom. The molecule has 2 rings (SSSR count). The smallest absolute Gasteiger partial charge is 0.225 e. The highest BCUT2D eigenvalue weighted by Gasteiger charge is 2.28. The van der Waals surface area contributed by atoms with E-state index in [1.54, 1.807) is 0 Å². The highest BCUT2D eigenvalue weighted by atomic mass is 16.2. The average molecular weight is 323 g/mol. The molecule has 2 aliphatic rings. The summed E-state index contributed by atoms with van der Waals surface area (Å²) in [5.41, 5.74) is 0. The van der Waals surface area contributed by atoms with Crippen molar-refractivity contribution in [1.82, 2.24) is 9.80 Å². The lowest BCUT2D eigenvalue weighted by Crippen LogP contribution is -2.47. The van der Waals surface area contributed by atoms with Crippen LogP contribution in [0.2, 0.25) is 0 Å². The maximum Gasteiger partial charge on any atom is 0.225 e. The van der Waals surface area contributed by atoms with E-state index in [0.717, 1.165) is 24.7 Å². The molecule has 0 aromatic heterocycles. The van der Waals surface area contributed by atoms with Crippen LogP contribution in [0.4, 0.5) is 0 Å². The van der Waals surface area contributed by atoms with Gasteiger partial charge in [-0.05, 0) is 37.5 Å². The third-order valence-electron chi connectivity index (χ3n) is 6.13.